The number of aromatic nitrogens is 2. The highest BCUT2D eigenvalue weighted by Gasteiger charge is 2.11. The van der Waals surface area contributed by atoms with Crippen molar-refractivity contribution in [2.75, 3.05) is 0 Å². The van der Waals surface area contributed by atoms with Crippen molar-refractivity contribution in [1.82, 2.24) is 9.97 Å². The van der Waals surface area contributed by atoms with Crippen LogP contribution in [0.3, 0.4) is 0 Å². The quantitative estimate of drug-likeness (QED) is 0.625. The molecule has 17 heavy (non-hydrogen) atoms. The summed E-state index contributed by atoms with van der Waals surface area (Å²) >= 11 is 1.17. The summed E-state index contributed by atoms with van der Waals surface area (Å²) in [6, 6.07) is 5.23. The van der Waals surface area contributed by atoms with E-state index in [2.05, 4.69) is 15.0 Å². The minimum absolute atomic E-state index is 0.0745. The minimum Gasteiger partial charge on any atom is -0.370 e. The molecule has 2 heterocycles. The molecule has 0 aromatic carbocycles. The van der Waals surface area contributed by atoms with E-state index in [4.69, 9.17) is 11.5 Å². The summed E-state index contributed by atoms with van der Waals surface area (Å²) in [4.78, 5) is 11.8. The Balaban J connectivity index is 2.27. The predicted octanol–water partition coefficient (Wildman–Crippen LogP) is 0.610. The molecule has 1 unspecified atom stereocenters. The van der Waals surface area contributed by atoms with E-state index >= 15 is 0 Å². The fraction of sp³-hybridized carbons (Fsp3) is 0. The van der Waals surface area contributed by atoms with Gasteiger partial charge in [-0.15, -0.1) is 0 Å². The zero-order valence-corrected chi connectivity index (χ0v) is 10.2. The maximum absolute atomic E-state index is 12.1. The van der Waals surface area contributed by atoms with Gasteiger partial charge in [-0.05, 0) is 12.1 Å². The first-order chi connectivity index (χ1) is 8.16. The van der Waals surface area contributed by atoms with Crippen LogP contribution >= 0.6 is 11.3 Å². The van der Waals surface area contributed by atoms with E-state index in [1.54, 1.807) is 24.4 Å². The Kier molecular flexibility index (Phi) is 3.45. The van der Waals surface area contributed by atoms with Crippen molar-refractivity contribution in [3.63, 3.8) is 0 Å². The molecule has 0 saturated carbocycles. The summed E-state index contributed by atoms with van der Waals surface area (Å²) in [7, 11) is -1.35. The zero-order chi connectivity index (χ0) is 12.3. The van der Waals surface area contributed by atoms with Gasteiger partial charge in [0.15, 0.2) is 5.96 Å². The number of rotatable bonds is 3. The van der Waals surface area contributed by atoms with Crippen LogP contribution in [0.5, 0.6) is 0 Å². The number of hydrogen-bond donors (Lipinski definition) is 2. The van der Waals surface area contributed by atoms with Gasteiger partial charge in [-0.2, -0.15) is 4.99 Å². The maximum Gasteiger partial charge on any atom is 0.213 e. The predicted molar refractivity (Wildman–Crippen MR) is 66.5 cm³/mol. The van der Waals surface area contributed by atoms with E-state index in [1.165, 1.54) is 17.5 Å². The SMILES string of the molecule is NC(N)=Nc1ncc(S(=O)c2ccccn2)s1. The second-order valence-corrected chi connectivity index (χ2v) is 5.60. The molecule has 4 N–H and O–H groups in total. The minimum atomic E-state index is -1.35. The average Bonchev–Trinajstić information content (AvgIpc) is 2.77. The summed E-state index contributed by atoms with van der Waals surface area (Å²) in [5.41, 5.74) is 10.5. The number of hydrogen-bond acceptors (Lipinski definition) is 5. The van der Waals surface area contributed by atoms with Crippen LogP contribution in [0.15, 0.2) is 44.8 Å². The Labute approximate surface area is 104 Å². The van der Waals surface area contributed by atoms with Gasteiger partial charge in [0.2, 0.25) is 5.13 Å². The molecule has 0 spiro atoms. The standard InChI is InChI=1S/C9H9N5OS2/c10-8(11)14-9-13-5-7(16-9)17(15)6-3-1-2-4-12-6/h1-5H,(H4,10,11,13,14). The third-order valence-corrected chi connectivity index (χ3v) is 4.19. The molecule has 1 atom stereocenters. The number of pyridine rings is 1. The number of nitrogens with zero attached hydrogens (tertiary/aromatic N) is 3. The van der Waals surface area contributed by atoms with Crippen molar-refractivity contribution in [1.29, 1.82) is 0 Å². The fourth-order valence-corrected chi connectivity index (χ4v) is 3.10. The molecule has 88 valence electrons. The van der Waals surface area contributed by atoms with Crippen LogP contribution in [0, 0.1) is 0 Å². The van der Waals surface area contributed by atoms with Crippen LogP contribution in [0.25, 0.3) is 0 Å². The monoisotopic (exact) mass is 267 g/mol. The molecule has 0 radical (unpaired) electrons. The van der Waals surface area contributed by atoms with Crippen molar-refractivity contribution >= 4 is 33.2 Å². The molecule has 0 fully saturated rings. The van der Waals surface area contributed by atoms with Crippen LogP contribution in [-0.2, 0) is 10.8 Å². The van der Waals surface area contributed by atoms with E-state index in [9.17, 15) is 4.21 Å². The molecule has 2 aromatic rings. The van der Waals surface area contributed by atoms with E-state index < -0.39 is 10.8 Å². The molecular weight excluding hydrogens is 258 g/mol. The molecule has 0 saturated heterocycles. The fourth-order valence-electron chi connectivity index (χ4n) is 1.06. The first kappa shape index (κ1) is 11.7. The number of nitrogens with two attached hydrogens (primary N) is 2. The Hall–Kier alpha value is -1.80. The molecule has 0 amide bonds. The van der Waals surface area contributed by atoms with E-state index in [0.717, 1.165) is 0 Å². The van der Waals surface area contributed by atoms with E-state index in [-0.39, 0.29) is 5.96 Å². The Morgan fingerprint density at radius 2 is 2.18 bits per heavy atom. The second-order valence-electron chi connectivity index (χ2n) is 2.94. The van der Waals surface area contributed by atoms with Crippen LogP contribution in [-0.4, -0.2) is 20.1 Å². The lowest BCUT2D eigenvalue weighted by atomic mass is 10.5. The number of aliphatic imine (C=N–C) groups is 1. The normalized spacial score (nSPS) is 12.0. The highest BCUT2D eigenvalue weighted by Crippen LogP contribution is 2.26. The van der Waals surface area contributed by atoms with Crippen molar-refractivity contribution < 1.29 is 4.21 Å². The Morgan fingerprint density at radius 3 is 2.82 bits per heavy atom. The average molecular weight is 267 g/mol. The van der Waals surface area contributed by atoms with Crippen LogP contribution in [0.4, 0.5) is 5.13 Å². The molecule has 0 aliphatic heterocycles. The second kappa shape index (κ2) is 5.02. The first-order valence-corrected chi connectivity index (χ1v) is 6.52. The Morgan fingerprint density at radius 1 is 1.35 bits per heavy atom. The molecule has 8 heteroatoms. The van der Waals surface area contributed by atoms with Crippen molar-refractivity contribution in [2.24, 2.45) is 16.5 Å². The van der Waals surface area contributed by atoms with E-state index in [1.807, 2.05) is 0 Å². The van der Waals surface area contributed by atoms with Crippen LogP contribution < -0.4 is 11.5 Å². The van der Waals surface area contributed by atoms with Gasteiger partial charge in [0, 0.05) is 6.20 Å². The van der Waals surface area contributed by atoms with Gasteiger partial charge in [0.05, 0.1) is 6.20 Å². The van der Waals surface area contributed by atoms with Gasteiger partial charge >= 0.3 is 0 Å². The topological polar surface area (TPSA) is 107 Å². The van der Waals surface area contributed by atoms with Gasteiger partial charge in [0.25, 0.3) is 0 Å². The number of guanidine groups is 1. The van der Waals surface area contributed by atoms with Crippen LogP contribution in [0.1, 0.15) is 0 Å². The maximum atomic E-state index is 12.1. The summed E-state index contributed by atoms with van der Waals surface area (Å²) in [6.45, 7) is 0. The molecule has 0 aliphatic rings. The summed E-state index contributed by atoms with van der Waals surface area (Å²) in [6.07, 6.45) is 3.07. The van der Waals surface area contributed by atoms with Gasteiger partial charge in [0.1, 0.15) is 20.0 Å². The molecule has 0 bridgehead atoms. The van der Waals surface area contributed by atoms with Crippen molar-refractivity contribution in [3.8, 4) is 0 Å². The van der Waals surface area contributed by atoms with Gasteiger partial charge in [-0.25, -0.2) is 14.2 Å². The summed E-state index contributed by atoms with van der Waals surface area (Å²) < 4.78 is 12.6. The third-order valence-electron chi connectivity index (χ3n) is 1.71. The lowest BCUT2D eigenvalue weighted by Gasteiger charge is -1.95. The molecule has 2 aromatic heterocycles. The van der Waals surface area contributed by atoms with Gasteiger partial charge in [-0.3, -0.25) is 0 Å². The summed E-state index contributed by atoms with van der Waals surface area (Å²) in [5, 5.41) is 0.858. The van der Waals surface area contributed by atoms with Crippen molar-refractivity contribution in [2.45, 2.75) is 9.24 Å². The van der Waals surface area contributed by atoms with Gasteiger partial charge < -0.3 is 11.5 Å². The molecule has 2 rings (SSSR count). The lowest BCUT2D eigenvalue weighted by Crippen LogP contribution is -2.21. The molecule has 6 nitrogen and oxygen atoms in total. The highest BCUT2D eigenvalue weighted by atomic mass is 32.2. The highest BCUT2D eigenvalue weighted by molar-refractivity contribution is 7.87. The largest absolute Gasteiger partial charge is 0.370 e. The number of thiazole rings is 1. The third kappa shape index (κ3) is 2.86. The Bertz CT molecular complexity index is 562. The van der Waals surface area contributed by atoms with E-state index in [0.29, 0.717) is 14.4 Å². The van der Waals surface area contributed by atoms with Crippen molar-refractivity contribution in [3.05, 3.63) is 30.6 Å². The molecular formula is C9H9N5OS2. The van der Waals surface area contributed by atoms with Crippen LogP contribution in [0.2, 0.25) is 0 Å². The summed E-state index contributed by atoms with van der Waals surface area (Å²) in [5.74, 6) is -0.0745. The lowest BCUT2D eigenvalue weighted by molar-refractivity contribution is 0.681. The van der Waals surface area contributed by atoms with Gasteiger partial charge in [-0.1, -0.05) is 17.4 Å². The zero-order valence-electron chi connectivity index (χ0n) is 8.61. The smallest absolute Gasteiger partial charge is 0.213 e. The molecule has 0 aliphatic carbocycles. The first-order valence-electron chi connectivity index (χ1n) is 4.55.